The van der Waals surface area contributed by atoms with Gasteiger partial charge in [0, 0.05) is 18.3 Å². The second-order valence-corrected chi connectivity index (χ2v) is 7.05. The largest absolute Gasteiger partial charge is 0.357 e. The highest BCUT2D eigenvalue weighted by Gasteiger charge is 2.14. The molecule has 0 radical (unpaired) electrons. The fraction of sp³-hybridized carbons (Fsp3) is 0.812. The molecule has 1 saturated heterocycles. The van der Waals surface area contributed by atoms with Gasteiger partial charge in [-0.2, -0.15) is 11.8 Å². The molecule has 0 bridgehead atoms. The van der Waals surface area contributed by atoms with Crippen molar-refractivity contribution in [2.45, 2.75) is 57.1 Å². The molecule has 5 heteroatoms. The predicted molar refractivity (Wildman–Crippen MR) is 106 cm³/mol. The van der Waals surface area contributed by atoms with Gasteiger partial charge in [-0.15, -0.1) is 24.0 Å². The summed E-state index contributed by atoms with van der Waals surface area (Å²) in [5.41, 5.74) is 1.63. The van der Waals surface area contributed by atoms with Crippen molar-refractivity contribution in [3.05, 3.63) is 11.6 Å². The smallest absolute Gasteiger partial charge is 0.191 e. The molecule has 2 rings (SSSR count). The quantitative estimate of drug-likeness (QED) is 0.294. The van der Waals surface area contributed by atoms with Crippen molar-refractivity contribution < 1.29 is 0 Å². The van der Waals surface area contributed by atoms with Crippen molar-refractivity contribution >= 4 is 41.7 Å². The summed E-state index contributed by atoms with van der Waals surface area (Å²) >= 11 is 2.08. The summed E-state index contributed by atoms with van der Waals surface area (Å²) < 4.78 is 0. The van der Waals surface area contributed by atoms with Crippen LogP contribution in [-0.4, -0.2) is 36.6 Å². The van der Waals surface area contributed by atoms with Gasteiger partial charge in [0.25, 0.3) is 0 Å². The Balaban J connectivity index is 0.00000220. The number of thioether (sulfide) groups is 1. The van der Waals surface area contributed by atoms with Crippen LogP contribution in [0, 0.1) is 0 Å². The maximum Gasteiger partial charge on any atom is 0.191 e. The van der Waals surface area contributed by atoms with Crippen LogP contribution in [0.3, 0.4) is 0 Å². The molecule has 3 nitrogen and oxygen atoms in total. The van der Waals surface area contributed by atoms with E-state index < -0.39 is 0 Å². The minimum Gasteiger partial charge on any atom is -0.357 e. The van der Waals surface area contributed by atoms with Gasteiger partial charge in [-0.05, 0) is 57.6 Å². The molecule has 1 unspecified atom stereocenters. The molecule has 0 aromatic heterocycles. The first kappa shape index (κ1) is 19.1. The third-order valence-electron chi connectivity index (χ3n) is 3.94. The zero-order chi connectivity index (χ0) is 14.0. The molecule has 2 aliphatic rings. The van der Waals surface area contributed by atoms with Crippen LogP contribution in [0.5, 0.6) is 0 Å². The van der Waals surface area contributed by atoms with Gasteiger partial charge in [0.2, 0.25) is 0 Å². The molecule has 2 N–H and O–H groups in total. The van der Waals surface area contributed by atoms with Crippen molar-refractivity contribution in [3.8, 4) is 0 Å². The van der Waals surface area contributed by atoms with E-state index in [-0.39, 0.29) is 24.0 Å². The molecule has 21 heavy (non-hydrogen) atoms. The molecular formula is C16H30IN3S. The van der Waals surface area contributed by atoms with E-state index in [4.69, 9.17) is 4.99 Å². The molecule has 0 amide bonds. The Kier molecular flexibility index (Phi) is 10.6. The number of aliphatic imine (C=N–C) groups is 1. The highest BCUT2D eigenvalue weighted by molar-refractivity contribution is 14.0. The van der Waals surface area contributed by atoms with Crippen LogP contribution < -0.4 is 10.6 Å². The standard InChI is InChI=1S/C16H29N3S.HI/c1-2-17-16(19-13-15-9-6-12-20-15)18-11-10-14-7-4-3-5-8-14;/h7,15H,2-6,8-13H2,1H3,(H2,17,18,19);1H. The van der Waals surface area contributed by atoms with Gasteiger partial charge in [-0.25, -0.2) is 0 Å². The Hall–Kier alpha value is 0.0900. The number of allylic oxidation sites excluding steroid dienone is 1. The summed E-state index contributed by atoms with van der Waals surface area (Å²) in [5, 5.41) is 7.58. The van der Waals surface area contributed by atoms with E-state index >= 15 is 0 Å². The maximum atomic E-state index is 4.73. The normalized spacial score (nSPS) is 22.4. The Morgan fingerprint density at radius 3 is 2.90 bits per heavy atom. The number of halogens is 1. The minimum absolute atomic E-state index is 0. The number of nitrogens with zero attached hydrogens (tertiary/aromatic N) is 1. The summed E-state index contributed by atoms with van der Waals surface area (Å²) in [7, 11) is 0. The summed E-state index contributed by atoms with van der Waals surface area (Å²) in [5.74, 6) is 2.31. The fourth-order valence-electron chi connectivity index (χ4n) is 2.80. The van der Waals surface area contributed by atoms with Gasteiger partial charge < -0.3 is 10.6 Å². The minimum atomic E-state index is 0. The lowest BCUT2D eigenvalue weighted by atomic mass is 9.97. The molecule has 1 heterocycles. The van der Waals surface area contributed by atoms with Crippen LogP contribution in [0.1, 0.15) is 51.9 Å². The second-order valence-electron chi connectivity index (χ2n) is 5.64. The van der Waals surface area contributed by atoms with Crippen LogP contribution >= 0.6 is 35.7 Å². The third-order valence-corrected chi connectivity index (χ3v) is 5.33. The van der Waals surface area contributed by atoms with Crippen molar-refractivity contribution in [2.24, 2.45) is 4.99 Å². The lowest BCUT2D eigenvalue weighted by molar-refractivity contribution is 0.665. The fourth-order valence-corrected chi connectivity index (χ4v) is 3.98. The van der Waals surface area contributed by atoms with Crippen LogP contribution in [0.15, 0.2) is 16.6 Å². The van der Waals surface area contributed by atoms with E-state index in [0.717, 1.165) is 30.8 Å². The first-order valence-electron chi connectivity index (χ1n) is 8.20. The molecule has 0 spiro atoms. The van der Waals surface area contributed by atoms with Crippen molar-refractivity contribution in [1.82, 2.24) is 10.6 Å². The summed E-state index contributed by atoms with van der Waals surface area (Å²) in [6.45, 7) is 5.04. The first-order chi connectivity index (χ1) is 9.88. The Bertz CT molecular complexity index is 338. The monoisotopic (exact) mass is 423 g/mol. The molecular weight excluding hydrogens is 393 g/mol. The van der Waals surface area contributed by atoms with Gasteiger partial charge in [0.1, 0.15) is 0 Å². The first-order valence-corrected chi connectivity index (χ1v) is 9.25. The number of hydrogen-bond donors (Lipinski definition) is 2. The predicted octanol–water partition coefficient (Wildman–Crippen LogP) is 3.95. The van der Waals surface area contributed by atoms with E-state index in [9.17, 15) is 0 Å². The summed E-state index contributed by atoms with van der Waals surface area (Å²) in [6, 6.07) is 0. The van der Waals surface area contributed by atoms with Gasteiger partial charge in [0.05, 0.1) is 6.54 Å². The maximum absolute atomic E-state index is 4.73. The van der Waals surface area contributed by atoms with Gasteiger partial charge >= 0.3 is 0 Å². The lowest BCUT2D eigenvalue weighted by Gasteiger charge is -2.15. The van der Waals surface area contributed by atoms with Gasteiger partial charge in [-0.3, -0.25) is 4.99 Å². The second kappa shape index (κ2) is 11.6. The van der Waals surface area contributed by atoms with E-state index in [1.165, 1.54) is 50.7 Å². The number of hydrogen-bond acceptors (Lipinski definition) is 2. The Morgan fingerprint density at radius 1 is 1.33 bits per heavy atom. The Labute approximate surface area is 151 Å². The number of rotatable bonds is 6. The van der Waals surface area contributed by atoms with E-state index in [1.807, 2.05) is 0 Å². The van der Waals surface area contributed by atoms with Crippen LogP contribution in [0.25, 0.3) is 0 Å². The molecule has 0 saturated carbocycles. The highest BCUT2D eigenvalue weighted by atomic mass is 127. The average molecular weight is 423 g/mol. The zero-order valence-electron chi connectivity index (χ0n) is 13.2. The van der Waals surface area contributed by atoms with Crippen molar-refractivity contribution in [3.63, 3.8) is 0 Å². The molecule has 1 aliphatic carbocycles. The van der Waals surface area contributed by atoms with E-state index in [2.05, 4.69) is 35.4 Å². The summed E-state index contributed by atoms with van der Waals surface area (Å²) in [4.78, 5) is 4.73. The van der Waals surface area contributed by atoms with E-state index in [1.54, 1.807) is 5.57 Å². The van der Waals surface area contributed by atoms with Crippen LogP contribution in [-0.2, 0) is 0 Å². The SMILES string of the molecule is CCNC(=NCC1CCCS1)NCCC1=CCCCC1.I. The van der Waals surface area contributed by atoms with Crippen LogP contribution in [0.2, 0.25) is 0 Å². The Morgan fingerprint density at radius 2 is 2.24 bits per heavy atom. The average Bonchev–Trinajstić information content (AvgIpc) is 2.99. The number of nitrogens with one attached hydrogen (secondary N) is 2. The van der Waals surface area contributed by atoms with Gasteiger partial charge in [0.15, 0.2) is 5.96 Å². The highest BCUT2D eigenvalue weighted by Crippen LogP contribution is 2.26. The number of guanidine groups is 1. The van der Waals surface area contributed by atoms with Crippen molar-refractivity contribution in [1.29, 1.82) is 0 Å². The topological polar surface area (TPSA) is 36.4 Å². The molecule has 0 aromatic carbocycles. The van der Waals surface area contributed by atoms with E-state index in [0.29, 0.717) is 0 Å². The lowest BCUT2D eigenvalue weighted by Crippen LogP contribution is -2.38. The molecule has 0 aromatic rings. The molecule has 1 fully saturated rings. The van der Waals surface area contributed by atoms with Gasteiger partial charge in [-0.1, -0.05) is 11.6 Å². The van der Waals surface area contributed by atoms with Crippen LogP contribution in [0.4, 0.5) is 0 Å². The molecule has 1 aliphatic heterocycles. The zero-order valence-corrected chi connectivity index (χ0v) is 16.3. The molecule has 122 valence electrons. The molecule has 1 atom stereocenters. The summed E-state index contributed by atoms with van der Waals surface area (Å²) in [6.07, 6.45) is 11.6. The van der Waals surface area contributed by atoms with Crippen molar-refractivity contribution in [2.75, 3.05) is 25.4 Å². The third kappa shape index (κ3) is 7.77.